The van der Waals surface area contributed by atoms with Gasteiger partial charge in [-0.25, -0.2) is 4.98 Å². The second kappa shape index (κ2) is 5.67. The Morgan fingerprint density at radius 2 is 1.91 bits per heavy atom. The number of aromatic nitrogens is 4. The molecule has 0 aliphatic heterocycles. The number of nitrogens with one attached hydrogen (secondary N) is 1. The van der Waals surface area contributed by atoms with E-state index in [-0.39, 0.29) is 11.5 Å². The summed E-state index contributed by atoms with van der Waals surface area (Å²) in [5.74, 6) is 0.521. The first kappa shape index (κ1) is 14.9. The molecule has 6 nitrogen and oxygen atoms in total. The Morgan fingerprint density at radius 1 is 1.09 bits per heavy atom. The standard InChI is InChI=1S/C14H10F3N5O/c1-23-11-6-5-10-12(19-11)13(21-22-20-10)18-9-4-2-3-8(7-9)14(15,16)17/h2-7H,1H3,(H,18,20,21). The van der Waals surface area contributed by atoms with Crippen LogP contribution in [-0.2, 0) is 6.18 Å². The minimum atomic E-state index is -4.43. The minimum Gasteiger partial charge on any atom is -0.481 e. The van der Waals surface area contributed by atoms with E-state index in [0.29, 0.717) is 16.9 Å². The van der Waals surface area contributed by atoms with Gasteiger partial charge in [-0.2, -0.15) is 13.2 Å². The van der Waals surface area contributed by atoms with Crippen molar-refractivity contribution in [3.8, 4) is 5.88 Å². The van der Waals surface area contributed by atoms with Gasteiger partial charge in [-0.1, -0.05) is 6.07 Å². The summed E-state index contributed by atoms with van der Waals surface area (Å²) in [7, 11) is 1.45. The van der Waals surface area contributed by atoms with Gasteiger partial charge in [-0.05, 0) is 29.5 Å². The van der Waals surface area contributed by atoms with Crippen molar-refractivity contribution in [2.75, 3.05) is 12.4 Å². The summed E-state index contributed by atoms with van der Waals surface area (Å²) in [5.41, 5.74) is 0.234. The van der Waals surface area contributed by atoms with Crippen LogP contribution in [0, 0.1) is 0 Å². The summed E-state index contributed by atoms with van der Waals surface area (Å²) in [6, 6.07) is 7.99. The molecular weight excluding hydrogens is 311 g/mol. The van der Waals surface area contributed by atoms with Gasteiger partial charge in [0.25, 0.3) is 0 Å². The van der Waals surface area contributed by atoms with Crippen molar-refractivity contribution in [3.05, 3.63) is 42.0 Å². The largest absolute Gasteiger partial charge is 0.481 e. The summed E-state index contributed by atoms with van der Waals surface area (Å²) >= 11 is 0. The van der Waals surface area contributed by atoms with Crippen molar-refractivity contribution in [1.29, 1.82) is 0 Å². The molecule has 1 N–H and O–H groups in total. The molecule has 23 heavy (non-hydrogen) atoms. The molecule has 3 rings (SSSR count). The zero-order valence-electron chi connectivity index (χ0n) is 11.8. The second-order valence-electron chi connectivity index (χ2n) is 4.56. The molecule has 0 spiro atoms. The lowest BCUT2D eigenvalue weighted by Crippen LogP contribution is -2.06. The molecule has 0 aliphatic rings. The summed E-state index contributed by atoms with van der Waals surface area (Å²) < 4.78 is 43.3. The highest BCUT2D eigenvalue weighted by Crippen LogP contribution is 2.31. The highest BCUT2D eigenvalue weighted by molar-refractivity contribution is 5.86. The van der Waals surface area contributed by atoms with Gasteiger partial charge in [-0.3, -0.25) is 0 Å². The van der Waals surface area contributed by atoms with Crippen LogP contribution in [0.25, 0.3) is 11.0 Å². The molecule has 0 saturated heterocycles. The molecule has 3 aromatic rings. The number of fused-ring (bicyclic) bond motifs is 1. The smallest absolute Gasteiger partial charge is 0.416 e. The quantitative estimate of drug-likeness (QED) is 0.799. The van der Waals surface area contributed by atoms with Gasteiger partial charge in [0.05, 0.1) is 12.7 Å². The lowest BCUT2D eigenvalue weighted by molar-refractivity contribution is -0.137. The highest BCUT2D eigenvalue weighted by Gasteiger charge is 2.30. The predicted molar refractivity (Wildman–Crippen MR) is 76.4 cm³/mol. The van der Waals surface area contributed by atoms with Gasteiger partial charge in [0, 0.05) is 11.8 Å². The molecule has 0 atom stereocenters. The monoisotopic (exact) mass is 321 g/mol. The molecule has 0 unspecified atom stereocenters. The lowest BCUT2D eigenvalue weighted by Gasteiger charge is -2.10. The molecule has 2 heterocycles. The van der Waals surface area contributed by atoms with Gasteiger partial charge in [0.1, 0.15) is 11.0 Å². The van der Waals surface area contributed by atoms with Crippen LogP contribution in [0.5, 0.6) is 5.88 Å². The molecule has 0 saturated carbocycles. The highest BCUT2D eigenvalue weighted by atomic mass is 19.4. The number of halogens is 3. The maximum atomic E-state index is 12.8. The fraction of sp³-hybridized carbons (Fsp3) is 0.143. The SMILES string of the molecule is COc1ccc2nnnc(Nc3cccc(C(F)(F)F)c3)c2n1. The normalized spacial score (nSPS) is 11.5. The molecule has 2 aromatic heterocycles. The van der Waals surface area contributed by atoms with Crippen molar-refractivity contribution >= 4 is 22.5 Å². The van der Waals surface area contributed by atoms with E-state index in [1.165, 1.54) is 19.2 Å². The van der Waals surface area contributed by atoms with Gasteiger partial charge in [0.2, 0.25) is 5.88 Å². The van der Waals surface area contributed by atoms with Crippen molar-refractivity contribution in [2.24, 2.45) is 0 Å². The lowest BCUT2D eigenvalue weighted by atomic mass is 10.2. The number of hydrogen-bond acceptors (Lipinski definition) is 6. The Bertz CT molecular complexity index is 853. The van der Waals surface area contributed by atoms with Crippen molar-refractivity contribution in [2.45, 2.75) is 6.18 Å². The Labute approximate surface area is 128 Å². The Hall–Kier alpha value is -2.97. The van der Waals surface area contributed by atoms with Crippen LogP contribution >= 0.6 is 0 Å². The van der Waals surface area contributed by atoms with E-state index in [1.54, 1.807) is 12.1 Å². The first-order valence-electron chi connectivity index (χ1n) is 6.46. The zero-order chi connectivity index (χ0) is 16.4. The third-order valence-electron chi connectivity index (χ3n) is 3.03. The number of pyridine rings is 1. The molecule has 118 valence electrons. The van der Waals surface area contributed by atoms with Crippen molar-refractivity contribution in [3.63, 3.8) is 0 Å². The van der Waals surface area contributed by atoms with E-state index in [0.717, 1.165) is 12.1 Å². The van der Waals surface area contributed by atoms with Crippen LogP contribution in [0.1, 0.15) is 5.56 Å². The number of ether oxygens (including phenoxy) is 1. The van der Waals surface area contributed by atoms with Crippen LogP contribution in [-0.4, -0.2) is 27.5 Å². The third-order valence-corrected chi connectivity index (χ3v) is 3.03. The first-order valence-corrected chi connectivity index (χ1v) is 6.46. The molecule has 1 aromatic carbocycles. The summed E-state index contributed by atoms with van der Waals surface area (Å²) in [6.07, 6.45) is -4.43. The Morgan fingerprint density at radius 3 is 2.65 bits per heavy atom. The summed E-state index contributed by atoms with van der Waals surface area (Å²) in [4.78, 5) is 4.19. The van der Waals surface area contributed by atoms with Crippen LogP contribution < -0.4 is 10.1 Å². The number of anilines is 2. The molecule has 0 amide bonds. The van der Waals surface area contributed by atoms with Gasteiger partial charge in [0.15, 0.2) is 5.82 Å². The molecule has 0 bridgehead atoms. The van der Waals surface area contributed by atoms with E-state index >= 15 is 0 Å². The number of rotatable bonds is 3. The van der Waals surface area contributed by atoms with Gasteiger partial charge >= 0.3 is 6.18 Å². The van der Waals surface area contributed by atoms with E-state index in [1.807, 2.05) is 0 Å². The Kier molecular flexibility index (Phi) is 3.68. The summed E-state index contributed by atoms with van der Waals surface area (Å²) in [5, 5.41) is 14.0. The predicted octanol–water partition coefficient (Wildman–Crippen LogP) is 3.19. The third kappa shape index (κ3) is 3.12. The number of hydrogen-bond donors (Lipinski definition) is 1. The van der Waals surface area contributed by atoms with Gasteiger partial charge < -0.3 is 10.1 Å². The molecule has 0 fully saturated rings. The summed E-state index contributed by atoms with van der Waals surface area (Å²) in [6.45, 7) is 0. The zero-order valence-corrected chi connectivity index (χ0v) is 11.8. The van der Waals surface area contributed by atoms with E-state index in [2.05, 4.69) is 25.7 Å². The maximum Gasteiger partial charge on any atom is 0.416 e. The fourth-order valence-corrected chi connectivity index (χ4v) is 1.96. The molecule has 0 radical (unpaired) electrons. The van der Waals surface area contributed by atoms with Crippen LogP contribution in [0.2, 0.25) is 0 Å². The molecular formula is C14H10F3N5O. The van der Waals surface area contributed by atoms with Gasteiger partial charge in [-0.15, -0.1) is 10.2 Å². The van der Waals surface area contributed by atoms with Crippen LogP contribution in [0.4, 0.5) is 24.7 Å². The van der Waals surface area contributed by atoms with E-state index in [4.69, 9.17) is 4.74 Å². The van der Waals surface area contributed by atoms with Crippen molar-refractivity contribution in [1.82, 2.24) is 20.4 Å². The maximum absolute atomic E-state index is 12.8. The van der Waals surface area contributed by atoms with Crippen LogP contribution in [0.15, 0.2) is 36.4 Å². The van der Waals surface area contributed by atoms with E-state index in [9.17, 15) is 13.2 Å². The molecule has 9 heteroatoms. The topological polar surface area (TPSA) is 72.8 Å². The van der Waals surface area contributed by atoms with E-state index < -0.39 is 11.7 Å². The number of benzene rings is 1. The fourth-order valence-electron chi connectivity index (χ4n) is 1.96. The minimum absolute atomic E-state index is 0.188. The average Bonchev–Trinajstić information content (AvgIpc) is 2.54. The average molecular weight is 321 g/mol. The van der Waals surface area contributed by atoms with Crippen molar-refractivity contribution < 1.29 is 17.9 Å². The molecule has 0 aliphatic carbocycles. The number of methoxy groups -OCH3 is 1. The van der Waals surface area contributed by atoms with Crippen LogP contribution in [0.3, 0.4) is 0 Å². The number of alkyl halides is 3. The number of nitrogens with zero attached hydrogens (tertiary/aromatic N) is 4. The second-order valence-corrected chi connectivity index (χ2v) is 4.56. The Balaban J connectivity index is 2.02. The first-order chi connectivity index (χ1) is 11.0.